The summed E-state index contributed by atoms with van der Waals surface area (Å²) >= 11 is 0. The highest BCUT2D eigenvalue weighted by atomic mass is 32.2. The minimum Gasteiger partial charge on any atom is -0.490 e. The zero-order valence-corrected chi connectivity index (χ0v) is 18.2. The zero-order chi connectivity index (χ0) is 22.5. The summed E-state index contributed by atoms with van der Waals surface area (Å²) in [4.78, 5) is 27.2. The third kappa shape index (κ3) is 4.86. The fourth-order valence-electron chi connectivity index (χ4n) is 4.01. The maximum absolute atomic E-state index is 13.3. The Morgan fingerprint density at radius 2 is 2.06 bits per heavy atom. The normalized spacial score (nSPS) is 21.2. The summed E-state index contributed by atoms with van der Waals surface area (Å²) in [5.41, 5.74) is 2.37. The van der Waals surface area contributed by atoms with E-state index in [1.807, 2.05) is 6.07 Å². The van der Waals surface area contributed by atoms with E-state index < -0.39 is 26.7 Å². The van der Waals surface area contributed by atoms with Crippen LogP contribution in [0.15, 0.2) is 23.5 Å². The Kier molecular flexibility index (Phi) is 7.57. The number of carbonyl (C=O) groups excluding carboxylic acids is 1. The van der Waals surface area contributed by atoms with Crippen LogP contribution in [0.1, 0.15) is 44.2 Å². The summed E-state index contributed by atoms with van der Waals surface area (Å²) in [5, 5.41) is 12.0. The molecule has 31 heavy (non-hydrogen) atoms. The molecule has 1 aromatic rings. The van der Waals surface area contributed by atoms with E-state index in [1.165, 1.54) is 9.79 Å². The molecule has 0 saturated carbocycles. The van der Waals surface area contributed by atoms with Crippen LogP contribution in [0.4, 0.5) is 0 Å². The van der Waals surface area contributed by atoms with Crippen molar-refractivity contribution in [3.63, 3.8) is 0 Å². The van der Waals surface area contributed by atoms with Gasteiger partial charge < -0.3 is 9.47 Å². The standard InChI is InChI=1S/C19H28N4O7S/c1-14(21-25)13-30-16-2-3-17(20-12-16)15-4-8-23(9-5-15)31(27,28)19(18(24)22-26)6-10-29-11-7-19/h2-3,12,14-15,26H,4-11,13H2,1H3,(H,22,24). The molecule has 0 aromatic carbocycles. The molecule has 172 valence electrons. The smallest absolute Gasteiger partial charge is 0.266 e. The number of carbonyl (C=O) groups is 1. The predicted molar refractivity (Wildman–Crippen MR) is 110 cm³/mol. The van der Waals surface area contributed by atoms with Crippen LogP contribution < -0.4 is 10.2 Å². The first-order chi connectivity index (χ1) is 14.8. The highest BCUT2D eigenvalue weighted by molar-refractivity contribution is 7.91. The van der Waals surface area contributed by atoms with Crippen molar-refractivity contribution in [3.8, 4) is 5.75 Å². The molecule has 0 bridgehead atoms. The summed E-state index contributed by atoms with van der Waals surface area (Å²) in [6.07, 6.45) is 2.71. The Labute approximate surface area is 181 Å². The van der Waals surface area contributed by atoms with Gasteiger partial charge in [0.25, 0.3) is 5.91 Å². The van der Waals surface area contributed by atoms with Crippen LogP contribution in [0.2, 0.25) is 0 Å². The molecule has 1 unspecified atom stereocenters. The largest absolute Gasteiger partial charge is 0.490 e. The highest BCUT2D eigenvalue weighted by Crippen LogP contribution is 2.36. The molecule has 2 fully saturated rings. The number of hydrogen-bond donors (Lipinski definition) is 2. The molecule has 11 nitrogen and oxygen atoms in total. The van der Waals surface area contributed by atoms with Crippen molar-refractivity contribution in [1.29, 1.82) is 0 Å². The van der Waals surface area contributed by atoms with Crippen LogP contribution in [-0.2, 0) is 19.6 Å². The van der Waals surface area contributed by atoms with E-state index in [2.05, 4.69) is 10.2 Å². The van der Waals surface area contributed by atoms with E-state index in [0.29, 0.717) is 18.6 Å². The van der Waals surface area contributed by atoms with Gasteiger partial charge in [0.15, 0.2) is 4.75 Å². The minimum atomic E-state index is -3.98. The summed E-state index contributed by atoms with van der Waals surface area (Å²) in [6.45, 7) is 2.64. The number of hydrogen-bond acceptors (Lipinski definition) is 9. The third-order valence-electron chi connectivity index (χ3n) is 5.95. The Balaban J connectivity index is 1.64. The van der Waals surface area contributed by atoms with Crippen molar-refractivity contribution in [1.82, 2.24) is 14.8 Å². The molecule has 2 N–H and O–H groups in total. The summed E-state index contributed by atoms with van der Waals surface area (Å²) < 4.78 is 37.0. The number of amides is 1. The Bertz CT molecular complexity index is 864. The lowest BCUT2D eigenvalue weighted by molar-refractivity contribution is -0.134. The van der Waals surface area contributed by atoms with Crippen molar-refractivity contribution in [3.05, 3.63) is 28.9 Å². The first kappa shape index (κ1) is 23.5. The number of nitrogens with one attached hydrogen (secondary N) is 1. The maximum Gasteiger partial charge on any atom is 0.266 e. The average Bonchev–Trinajstić information content (AvgIpc) is 2.82. The minimum absolute atomic E-state index is 0.00289. The van der Waals surface area contributed by atoms with Gasteiger partial charge in [0, 0.05) is 50.8 Å². The van der Waals surface area contributed by atoms with Gasteiger partial charge in [-0.15, -0.1) is 0 Å². The molecule has 2 saturated heterocycles. The molecular formula is C19H28N4O7S. The summed E-state index contributed by atoms with van der Waals surface area (Å²) in [7, 11) is -3.98. The lowest BCUT2D eigenvalue weighted by atomic mass is 9.94. The van der Waals surface area contributed by atoms with E-state index in [-0.39, 0.29) is 51.7 Å². The zero-order valence-electron chi connectivity index (χ0n) is 17.4. The number of sulfonamides is 1. The predicted octanol–water partition coefficient (Wildman–Crippen LogP) is 1.18. The SMILES string of the molecule is CC(COc1ccc(C2CCN(S(=O)(=O)C3(C(=O)NO)CCOCC3)CC2)nc1)N=O. The Hall–Kier alpha value is -2.15. The van der Waals surface area contributed by atoms with Crippen LogP contribution in [0.3, 0.4) is 0 Å². The van der Waals surface area contributed by atoms with Gasteiger partial charge in [-0.3, -0.25) is 15.0 Å². The molecule has 0 radical (unpaired) electrons. The second-order valence-electron chi connectivity index (χ2n) is 7.91. The van der Waals surface area contributed by atoms with E-state index in [0.717, 1.165) is 5.69 Å². The summed E-state index contributed by atoms with van der Waals surface area (Å²) in [5.74, 6) is -0.293. The quantitative estimate of drug-likeness (QED) is 0.337. The van der Waals surface area contributed by atoms with Crippen molar-refractivity contribution >= 4 is 15.9 Å². The van der Waals surface area contributed by atoms with E-state index in [1.54, 1.807) is 19.2 Å². The van der Waals surface area contributed by atoms with Crippen LogP contribution in [0.25, 0.3) is 0 Å². The number of ether oxygens (including phenoxy) is 2. The number of piperidine rings is 1. The van der Waals surface area contributed by atoms with Gasteiger partial charge in [0.1, 0.15) is 18.4 Å². The van der Waals surface area contributed by atoms with Crippen LogP contribution in [-0.4, -0.2) is 72.5 Å². The first-order valence-electron chi connectivity index (χ1n) is 10.3. The molecule has 2 aliphatic rings. The topological polar surface area (TPSA) is 147 Å². The fourth-order valence-corrected chi connectivity index (χ4v) is 6.16. The number of aromatic nitrogens is 1. The number of rotatable bonds is 8. The first-order valence-corrected chi connectivity index (χ1v) is 11.7. The molecule has 1 atom stereocenters. The highest BCUT2D eigenvalue weighted by Gasteiger charge is 2.54. The number of nitroso groups, excluding NO2 is 1. The number of hydroxylamine groups is 1. The monoisotopic (exact) mass is 456 g/mol. The molecule has 12 heteroatoms. The third-order valence-corrected chi connectivity index (χ3v) is 8.58. The average molecular weight is 457 g/mol. The molecule has 0 spiro atoms. The van der Waals surface area contributed by atoms with E-state index in [9.17, 15) is 18.1 Å². The van der Waals surface area contributed by atoms with Gasteiger partial charge >= 0.3 is 0 Å². The van der Waals surface area contributed by atoms with Crippen molar-refractivity contribution in [2.24, 2.45) is 5.18 Å². The molecule has 3 heterocycles. The van der Waals surface area contributed by atoms with Gasteiger partial charge in [-0.2, -0.15) is 4.91 Å². The second-order valence-corrected chi connectivity index (χ2v) is 10.2. The molecule has 1 aromatic heterocycles. The van der Waals surface area contributed by atoms with Crippen LogP contribution >= 0.6 is 0 Å². The Morgan fingerprint density at radius 1 is 1.39 bits per heavy atom. The van der Waals surface area contributed by atoms with Crippen molar-refractivity contribution in [2.45, 2.75) is 49.3 Å². The molecule has 2 aliphatic heterocycles. The van der Waals surface area contributed by atoms with Gasteiger partial charge in [-0.1, -0.05) is 5.18 Å². The maximum atomic E-state index is 13.3. The lowest BCUT2D eigenvalue weighted by Gasteiger charge is -2.40. The fraction of sp³-hybridized carbons (Fsp3) is 0.684. The number of pyridine rings is 1. The van der Waals surface area contributed by atoms with Gasteiger partial charge in [-0.25, -0.2) is 18.2 Å². The second kappa shape index (κ2) is 9.98. The molecule has 3 rings (SSSR count). The van der Waals surface area contributed by atoms with E-state index in [4.69, 9.17) is 14.7 Å². The van der Waals surface area contributed by atoms with Crippen molar-refractivity contribution < 1.29 is 27.9 Å². The van der Waals surface area contributed by atoms with Crippen LogP contribution in [0.5, 0.6) is 5.75 Å². The molecule has 1 amide bonds. The number of nitrogens with zero attached hydrogens (tertiary/aromatic N) is 3. The van der Waals surface area contributed by atoms with Crippen molar-refractivity contribution in [2.75, 3.05) is 32.9 Å². The van der Waals surface area contributed by atoms with Gasteiger partial charge in [0.05, 0.1) is 6.20 Å². The molecule has 0 aliphatic carbocycles. The van der Waals surface area contributed by atoms with E-state index >= 15 is 0 Å². The summed E-state index contributed by atoms with van der Waals surface area (Å²) in [6, 6.07) is 3.16. The lowest BCUT2D eigenvalue weighted by Crippen LogP contribution is -2.60. The Morgan fingerprint density at radius 3 is 2.61 bits per heavy atom. The molecular weight excluding hydrogens is 428 g/mol. The van der Waals surface area contributed by atoms with Gasteiger partial charge in [0.2, 0.25) is 10.0 Å². The van der Waals surface area contributed by atoms with Crippen LogP contribution in [0, 0.1) is 4.91 Å². The van der Waals surface area contributed by atoms with Gasteiger partial charge in [-0.05, 0) is 31.9 Å².